The van der Waals surface area contributed by atoms with Crippen molar-refractivity contribution in [2.24, 2.45) is 0 Å². The van der Waals surface area contributed by atoms with Gasteiger partial charge in [-0.3, -0.25) is 14.6 Å². The Kier molecular flexibility index (Phi) is 7.16. The fraction of sp³-hybridized carbons (Fsp3) is 0.350. The summed E-state index contributed by atoms with van der Waals surface area (Å²) in [6, 6.07) is 8.55. The average Bonchev–Trinajstić information content (AvgIpc) is 2.71. The second kappa shape index (κ2) is 9.56. The van der Waals surface area contributed by atoms with Crippen molar-refractivity contribution in [2.75, 3.05) is 14.2 Å². The van der Waals surface area contributed by atoms with E-state index in [-0.39, 0.29) is 23.6 Å². The van der Waals surface area contributed by atoms with Gasteiger partial charge in [-0.25, -0.2) is 0 Å². The zero-order valence-corrected chi connectivity index (χ0v) is 16.0. The highest BCUT2D eigenvalue weighted by atomic mass is 16.5. The predicted molar refractivity (Wildman–Crippen MR) is 102 cm³/mol. The van der Waals surface area contributed by atoms with Crippen LogP contribution >= 0.6 is 0 Å². The van der Waals surface area contributed by atoms with E-state index in [4.69, 9.17) is 9.47 Å². The van der Waals surface area contributed by atoms with Gasteiger partial charge in [-0.2, -0.15) is 0 Å². The van der Waals surface area contributed by atoms with E-state index < -0.39 is 0 Å². The molecule has 27 heavy (non-hydrogen) atoms. The Bertz CT molecular complexity index is 808. The predicted octanol–water partition coefficient (Wildman–Crippen LogP) is 2.56. The molecule has 0 spiro atoms. The van der Waals surface area contributed by atoms with Crippen LogP contribution in [0.5, 0.6) is 11.5 Å². The van der Waals surface area contributed by atoms with Gasteiger partial charge in [0, 0.05) is 24.3 Å². The third-order valence-electron chi connectivity index (χ3n) is 4.15. The summed E-state index contributed by atoms with van der Waals surface area (Å²) < 4.78 is 10.5. The molecule has 1 unspecified atom stereocenters. The molecule has 0 saturated heterocycles. The van der Waals surface area contributed by atoms with Gasteiger partial charge in [0.25, 0.3) is 11.8 Å². The SMILES string of the molecule is CCC(C)NC(=O)c1ccnc(C(=O)NCc2ccc(OC)c(OC)c2)c1. The number of methoxy groups -OCH3 is 2. The van der Waals surface area contributed by atoms with Gasteiger partial charge in [0.1, 0.15) is 5.69 Å². The number of ether oxygens (including phenoxy) is 2. The van der Waals surface area contributed by atoms with Gasteiger partial charge in [-0.1, -0.05) is 13.0 Å². The topological polar surface area (TPSA) is 89.6 Å². The van der Waals surface area contributed by atoms with Crippen molar-refractivity contribution in [2.45, 2.75) is 32.9 Å². The molecule has 1 atom stereocenters. The fourth-order valence-corrected chi connectivity index (χ4v) is 2.37. The lowest BCUT2D eigenvalue weighted by atomic mass is 10.1. The molecule has 0 fully saturated rings. The van der Waals surface area contributed by atoms with Crippen LogP contribution in [0.1, 0.15) is 46.7 Å². The maximum atomic E-state index is 12.4. The van der Waals surface area contributed by atoms with Gasteiger partial charge in [-0.05, 0) is 43.2 Å². The summed E-state index contributed by atoms with van der Waals surface area (Å²) in [6.45, 7) is 4.21. The van der Waals surface area contributed by atoms with Crippen molar-refractivity contribution in [3.05, 3.63) is 53.3 Å². The van der Waals surface area contributed by atoms with Gasteiger partial charge in [0.2, 0.25) is 0 Å². The number of amides is 2. The van der Waals surface area contributed by atoms with Gasteiger partial charge >= 0.3 is 0 Å². The molecule has 2 N–H and O–H groups in total. The molecule has 2 aromatic rings. The largest absolute Gasteiger partial charge is 0.493 e. The van der Waals surface area contributed by atoms with E-state index in [1.807, 2.05) is 19.9 Å². The van der Waals surface area contributed by atoms with Crippen LogP contribution < -0.4 is 20.1 Å². The summed E-state index contributed by atoms with van der Waals surface area (Å²) in [5.41, 5.74) is 1.44. The normalized spacial score (nSPS) is 11.4. The lowest BCUT2D eigenvalue weighted by Gasteiger charge is -2.12. The van der Waals surface area contributed by atoms with E-state index in [2.05, 4.69) is 15.6 Å². The minimum absolute atomic E-state index is 0.0630. The number of nitrogens with one attached hydrogen (secondary N) is 2. The Morgan fingerprint density at radius 3 is 2.48 bits per heavy atom. The summed E-state index contributed by atoms with van der Waals surface area (Å²) in [5, 5.41) is 5.66. The van der Waals surface area contributed by atoms with Crippen molar-refractivity contribution < 1.29 is 19.1 Å². The van der Waals surface area contributed by atoms with E-state index in [0.29, 0.717) is 23.6 Å². The Balaban J connectivity index is 2.04. The van der Waals surface area contributed by atoms with Gasteiger partial charge in [-0.15, -0.1) is 0 Å². The molecule has 7 nitrogen and oxygen atoms in total. The first-order chi connectivity index (χ1) is 13.0. The minimum atomic E-state index is -0.358. The molecule has 1 aromatic carbocycles. The average molecular weight is 371 g/mol. The molecule has 1 aromatic heterocycles. The van der Waals surface area contributed by atoms with Gasteiger partial charge in [0.05, 0.1) is 14.2 Å². The molecule has 0 aliphatic heterocycles. The highest BCUT2D eigenvalue weighted by molar-refractivity contribution is 5.98. The maximum Gasteiger partial charge on any atom is 0.270 e. The van der Waals surface area contributed by atoms with Crippen molar-refractivity contribution in [3.8, 4) is 11.5 Å². The number of carbonyl (C=O) groups excluding carboxylic acids is 2. The summed E-state index contributed by atoms with van der Waals surface area (Å²) in [4.78, 5) is 28.6. The van der Waals surface area contributed by atoms with Crippen molar-refractivity contribution >= 4 is 11.8 Å². The Labute approximate surface area is 159 Å². The fourth-order valence-electron chi connectivity index (χ4n) is 2.37. The molecule has 0 aliphatic carbocycles. The summed E-state index contributed by atoms with van der Waals surface area (Å²) >= 11 is 0. The summed E-state index contributed by atoms with van der Waals surface area (Å²) in [7, 11) is 3.12. The van der Waals surface area contributed by atoms with Crippen LogP contribution in [-0.2, 0) is 6.54 Å². The number of aromatic nitrogens is 1. The lowest BCUT2D eigenvalue weighted by molar-refractivity contribution is 0.0939. The van der Waals surface area contributed by atoms with Crippen molar-refractivity contribution in [1.29, 1.82) is 0 Å². The highest BCUT2D eigenvalue weighted by Gasteiger charge is 2.13. The maximum absolute atomic E-state index is 12.4. The number of hydrogen-bond donors (Lipinski definition) is 2. The molecule has 0 saturated carbocycles. The quantitative estimate of drug-likeness (QED) is 0.744. The molecule has 1 heterocycles. The molecule has 0 aliphatic rings. The monoisotopic (exact) mass is 371 g/mol. The summed E-state index contributed by atoms with van der Waals surface area (Å²) in [5.74, 6) is 0.629. The molecule has 2 rings (SSSR count). The molecule has 144 valence electrons. The second-order valence-electron chi connectivity index (χ2n) is 6.08. The molecule has 0 bridgehead atoms. The van der Waals surface area contributed by atoms with Crippen LogP contribution in [0.3, 0.4) is 0 Å². The zero-order valence-electron chi connectivity index (χ0n) is 16.0. The van der Waals surface area contributed by atoms with E-state index in [0.717, 1.165) is 12.0 Å². The summed E-state index contributed by atoms with van der Waals surface area (Å²) in [6.07, 6.45) is 2.28. The number of benzene rings is 1. The minimum Gasteiger partial charge on any atom is -0.493 e. The van der Waals surface area contributed by atoms with E-state index in [1.165, 1.54) is 12.3 Å². The number of hydrogen-bond acceptors (Lipinski definition) is 5. The van der Waals surface area contributed by atoms with Crippen LogP contribution in [0.25, 0.3) is 0 Å². The van der Waals surface area contributed by atoms with Crippen LogP contribution in [0.4, 0.5) is 0 Å². The second-order valence-corrected chi connectivity index (χ2v) is 6.08. The number of pyridine rings is 1. The van der Waals surface area contributed by atoms with Crippen LogP contribution in [0.2, 0.25) is 0 Å². The van der Waals surface area contributed by atoms with E-state index in [1.54, 1.807) is 32.4 Å². The third-order valence-corrected chi connectivity index (χ3v) is 4.15. The van der Waals surface area contributed by atoms with Gasteiger partial charge < -0.3 is 20.1 Å². The van der Waals surface area contributed by atoms with E-state index >= 15 is 0 Å². The molecular formula is C20H25N3O4. The molecule has 7 heteroatoms. The Hall–Kier alpha value is -3.09. The van der Waals surface area contributed by atoms with Crippen LogP contribution in [0, 0.1) is 0 Å². The van der Waals surface area contributed by atoms with Crippen LogP contribution in [0.15, 0.2) is 36.5 Å². The molecule has 0 radical (unpaired) electrons. The first-order valence-electron chi connectivity index (χ1n) is 8.74. The standard InChI is InChI=1S/C20H25N3O4/c1-5-13(2)23-19(24)15-8-9-21-16(11-15)20(25)22-12-14-6-7-17(26-3)18(10-14)27-4/h6-11,13H,5,12H2,1-4H3,(H,22,25)(H,23,24). The van der Waals surface area contributed by atoms with Crippen molar-refractivity contribution in [3.63, 3.8) is 0 Å². The number of rotatable bonds is 8. The number of nitrogens with zero attached hydrogens (tertiary/aromatic N) is 1. The first-order valence-corrected chi connectivity index (χ1v) is 8.74. The zero-order chi connectivity index (χ0) is 19.8. The van der Waals surface area contributed by atoms with E-state index in [9.17, 15) is 9.59 Å². The van der Waals surface area contributed by atoms with Crippen molar-refractivity contribution in [1.82, 2.24) is 15.6 Å². The smallest absolute Gasteiger partial charge is 0.270 e. The Morgan fingerprint density at radius 1 is 1.07 bits per heavy atom. The highest BCUT2D eigenvalue weighted by Crippen LogP contribution is 2.27. The van der Waals surface area contributed by atoms with Crippen LogP contribution in [-0.4, -0.2) is 37.1 Å². The lowest BCUT2D eigenvalue weighted by Crippen LogP contribution is -2.32. The Morgan fingerprint density at radius 2 is 1.81 bits per heavy atom. The number of carbonyl (C=O) groups is 2. The first kappa shape index (κ1) is 20.2. The molecule has 2 amide bonds. The molecular weight excluding hydrogens is 346 g/mol. The third kappa shape index (κ3) is 5.44. The van der Waals surface area contributed by atoms with Gasteiger partial charge in [0.15, 0.2) is 11.5 Å².